The molecule has 4 heteroatoms. The Hall–Kier alpha value is -0.770. The second-order valence-corrected chi connectivity index (χ2v) is 4.96. The fourth-order valence-electron chi connectivity index (χ4n) is 2.03. The second kappa shape index (κ2) is 9.18. The zero-order chi connectivity index (χ0) is 14.1. The fourth-order valence-corrected chi connectivity index (χ4v) is 2.20. The normalized spacial score (nSPS) is 10.7. The van der Waals surface area contributed by atoms with Crippen LogP contribution >= 0.6 is 11.6 Å². The molecule has 0 saturated carbocycles. The van der Waals surface area contributed by atoms with Crippen molar-refractivity contribution in [3.8, 4) is 0 Å². The molecule has 0 aliphatic heterocycles. The Morgan fingerprint density at radius 3 is 2.74 bits per heavy atom. The third-order valence-corrected chi connectivity index (χ3v) is 3.31. The Bertz CT molecular complexity index is 371. The number of benzene rings is 1. The summed E-state index contributed by atoms with van der Waals surface area (Å²) in [7, 11) is 1.73. The molecule has 0 spiro atoms. The van der Waals surface area contributed by atoms with Gasteiger partial charge in [0.1, 0.15) is 0 Å². The Balaban J connectivity index is 2.84. The zero-order valence-corrected chi connectivity index (χ0v) is 13.0. The maximum Gasteiger partial charge on any atom is 0.0637 e. The van der Waals surface area contributed by atoms with Gasteiger partial charge in [-0.05, 0) is 37.6 Å². The fraction of sp³-hybridized carbons (Fsp3) is 0.600. The van der Waals surface area contributed by atoms with Gasteiger partial charge < -0.3 is 15.0 Å². The highest BCUT2D eigenvalue weighted by Crippen LogP contribution is 2.25. The van der Waals surface area contributed by atoms with E-state index in [0.29, 0.717) is 0 Å². The molecule has 1 aromatic rings. The molecule has 0 aromatic heterocycles. The van der Waals surface area contributed by atoms with Gasteiger partial charge in [-0.1, -0.05) is 24.6 Å². The van der Waals surface area contributed by atoms with E-state index in [1.807, 2.05) is 12.1 Å². The predicted molar refractivity (Wildman–Crippen MR) is 83.2 cm³/mol. The Morgan fingerprint density at radius 1 is 1.32 bits per heavy atom. The smallest absolute Gasteiger partial charge is 0.0637 e. The Kier molecular flexibility index (Phi) is 7.87. The zero-order valence-electron chi connectivity index (χ0n) is 12.2. The van der Waals surface area contributed by atoms with Crippen LogP contribution < -0.4 is 10.2 Å². The number of hydrogen-bond donors (Lipinski definition) is 1. The van der Waals surface area contributed by atoms with E-state index in [2.05, 4.69) is 30.1 Å². The molecule has 0 saturated heterocycles. The number of halogens is 1. The third kappa shape index (κ3) is 5.39. The number of nitrogens with zero attached hydrogens (tertiary/aromatic N) is 1. The maximum absolute atomic E-state index is 6.13. The average Bonchev–Trinajstić information content (AvgIpc) is 2.42. The molecule has 1 aromatic carbocycles. The molecule has 0 radical (unpaired) electrons. The molecule has 0 amide bonds. The van der Waals surface area contributed by atoms with Gasteiger partial charge in [0, 0.05) is 37.5 Å². The molecule has 0 atom stereocenters. The third-order valence-electron chi connectivity index (χ3n) is 3.08. The van der Waals surface area contributed by atoms with Crippen LogP contribution in [0.1, 0.15) is 25.8 Å². The molecule has 3 nitrogen and oxygen atoms in total. The first-order valence-electron chi connectivity index (χ1n) is 6.95. The van der Waals surface area contributed by atoms with Crippen molar-refractivity contribution in [2.45, 2.75) is 26.8 Å². The van der Waals surface area contributed by atoms with Gasteiger partial charge in [0.05, 0.1) is 6.61 Å². The first-order chi connectivity index (χ1) is 9.22. The van der Waals surface area contributed by atoms with E-state index in [-0.39, 0.29) is 0 Å². The summed E-state index contributed by atoms with van der Waals surface area (Å²) in [4.78, 5) is 2.30. The molecule has 1 rings (SSSR count). The minimum Gasteiger partial charge on any atom is -0.383 e. The summed E-state index contributed by atoms with van der Waals surface area (Å²) in [6, 6.07) is 6.11. The lowest BCUT2D eigenvalue weighted by Crippen LogP contribution is -2.28. The highest BCUT2D eigenvalue weighted by molar-refractivity contribution is 6.30. The number of methoxy groups -OCH3 is 1. The topological polar surface area (TPSA) is 24.5 Å². The number of hydrogen-bond acceptors (Lipinski definition) is 3. The lowest BCUT2D eigenvalue weighted by molar-refractivity contribution is 0.205. The number of ether oxygens (including phenoxy) is 1. The van der Waals surface area contributed by atoms with Crippen molar-refractivity contribution in [2.75, 3.05) is 38.3 Å². The average molecular weight is 285 g/mol. The van der Waals surface area contributed by atoms with Gasteiger partial charge in [-0.15, -0.1) is 0 Å². The molecule has 1 N–H and O–H groups in total. The standard InChI is InChI=1S/C15H25ClN2O/c1-4-8-17-12-13-6-7-14(16)11-15(13)18(5-2)9-10-19-3/h6-7,11,17H,4-5,8-10,12H2,1-3H3. The van der Waals surface area contributed by atoms with Crippen molar-refractivity contribution in [1.29, 1.82) is 0 Å². The highest BCUT2D eigenvalue weighted by Gasteiger charge is 2.10. The number of rotatable bonds is 9. The van der Waals surface area contributed by atoms with E-state index < -0.39 is 0 Å². The van der Waals surface area contributed by atoms with Crippen molar-refractivity contribution in [2.24, 2.45) is 0 Å². The first kappa shape index (κ1) is 16.3. The van der Waals surface area contributed by atoms with Crippen molar-refractivity contribution < 1.29 is 4.74 Å². The van der Waals surface area contributed by atoms with E-state index in [0.717, 1.165) is 44.2 Å². The van der Waals surface area contributed by atoms with Gasteiger partial charge in [-0.25, -0.2) is 0 Å². The molecule has 19 heavy (non-hydrogen) atoms. The molecule has 0 bridgehead atoms. The molecular formula is C15H25ClN2O. The Morgan fingerprint density at radius 2 is 2.11 bits per heavy atom. The largest absolute Gasteiger partial charge is 0.383 e. The van der Waals surface area contributed by atoms with E-state index in [1.165, 1.54) is 11.3 Å². The van der Waals surface area contributed by atoms with E-state index in [1.54, 1.807) is 7.11 Å². The first-order valence-corrected chi connectivity index (χ1v) is 7.33. The molecule has 0 aliphatic rings. The van der Waals surface area contributed by atoms with Gasteiger partial charge in [0.2, 0.25) is 0 Å². The molecule has 0 unspecified atom stereocenters. The summed E-state index contributed by atoms with van der Waals surface area (Å²) in [5.41, 5.74) is 2.49. The molecule has 0 aliphatic carbocycles. The van der Waals surface area contributed by atoms with Crippen LogP contribution in [0.4, 0.5) is 5.69 Å². The van der Waals surface area contributed by atoms with Crippen LogP contribution in [0.15, 0.2) is 18.2 Å². The number of nitrogens with one attached hydrogen (secondary N) is 1. The lowest BCUT2D eigenvalue weighted by atomic mass is 10.1. The van der Waals surface area contributed by atoms with Crippen LogP contribution in [0.5, 0.6) is 0 Å². The minimum atomic E-state index is 0.724. The highest BCUT2D eigenvalue weighted by atomic mass is 35.5. The summed E-state index contributed by atoms with van der Waals surface area (Å²) >= 11 is 6.13. The monoisotopic (exact) mass is 284 g/mol. The van der Waals surface area contributed by atoms with Gasteiger partial charge in [-0.3, -0.25) is 0 Å². The predicted octanol–water partition coefficient (Wildman–Crippen LogP) is 3.31. The Labute approximate surface area is 121 Å². The van der Waals surface area contributed by atoms with Crippen molar-refractivity contribution in [3.63, 3.8) is 0 Å². The summed E-state index contributed by atoms with van der Waals surface area (Å²) < 4.78 is 5.17. The van der Waals surface area contributed by atoms with E-state index in [9.17, 15) is 0 Å². The summed E-state index contributed by atoms with van der Waals surface area (Å²) in [5, 5.41) is 4.23. The van der Waals surface area contributed by atoms with Gasteiger partial charge in [-0.2, -0.15) is 0 Å². The van der Waals surface area contributed by atoms with E-state index in [4.69, 9.17) is 16.3 Å². The van der Waals surface area contributed by atoms with Crippen LogP contribution in [0, 0.1) is 0 Å². The molecule has 0 fully saturated rings. The summed E-state index contributed by atoms with van der Waals surface area (Å²) in [6.45, 7) is 8.80. The maximum atomic E-state index is 6.13. The van der Waals surface area contributed by atoms with Crippen LogP contribution in [-0.2, 0) is 11.3 Å². The number of likely N-dealkylation sites (N-methyl/N-ethyl adjacent to an activating group) is 1. The number of anilines is 1. The van der Waals surface area contributed by atoms with Crippen LogP contribution in [0.3, 0.4) is 0 Å². The van der Waals surface area contributed by atoms with Crippen molar-refractivity contribution in [1.82, 2.24) is 5.32 Å². The summed E-state index contributed by atoms with van der Waals surface area (Å²) in [5.74, 6) is 0. The van der Waals surface area contributed by atoms with Crippen molar-refractivity contribution in [3.05, 3.63) is 28.8 Å². The van der Waals surface area contributed by atoms with Gasteiger partial charge >= 0.3 is 0 Å². The van der Waals surface area contributed by atoms with Crippen molar-refractivity contribution >= 4 is 17.3 Å². The molecule has 108 valence electrons. The van der Waals surface area contributed by atoms with E-state index >= 15 is 0 Å². The molecule has 0 heterocycles. The van der Waals surface area contributed by atoms with Crippen LogP contribution in [0.2, 0.25) is 5.02 Å². The van der Waals surface area contributed by atoms with Gasteiger partial charge in [0.15, 0.2) is 0 Å². The van der Waals surface area contributed by atoms with Crippen LogP contribution in [0.25, 0.3) is 0 Å². The summed E-state index contributed by atoms with van der Waals surface area (Å²) in [6.07, 6.45) is 1.14. The van der Waals surface area contributed by atoms with Gasteiger partial charge in [0.25, 0.3) is 0 Å². The SMILES string of the molecule is CCCNCc1ccc(Cl)cc1N(CC)CCOC. The minimum absolute atomic E-state index is 0.724. The quantitative estimate of drug-likeness (QED) is 0.704. The van der Waals surface area contributed by atoms with Crippen LogP contribution in [-0.4, -0.2) is 33.4 Å². The lowest BCUT2D eigenvalue weighted by Gasteiger charge is -2.26. The molecular weight excluding hydrogens is 260 g/mol. The second-order valence-electron chi connectivity index (χ2n) is 4.52.